The van der Waals surface area contributed by atoms with Gasteiger partial charge in [0.05, 0.1) is 10.5 Å². The van der Waals surface area contributed by atoms with Crippen molar-refractivity contribution in [1.82, 2.24) is 4.90 Å². The van der Waals surface area contributed by atoms with Crippen LogP contribution in [0.5, 0.6) is 0 Å². The van der Waals surface area contributed by atoms with Gasteiger partial charge in [-0.3, -0.25) is 14.5 Å². The van der Waals surface area contributed by atoms with E-state index in [1.807, 2.05) is 11.4 Å². The molecule has 0 atom stereocenters. The molecule has 0 bridgehead atoms. The van der Waals surface area contributed by atoms with Gasteiger partial charge in [-0.25, -0.2) is 4.79 Å². The van der Waals surface area contributed by atoms with E-state index in [1.54, 1.807) is 36.4 Å². The number of amides is 2. The molecule has 1 fully saturated rings. The number of carboxylic acid groups (broad SMARTS) is 1. The van der Waals surface area contributed by atoms with Gasteiger partial charge in [-0.1, -0.05) is 53.2 Å². The molecule has 0 saturated carbocycles. The zero-order chi connectivity index (χ0) is 25.1. The number of nitrogens with one attached hydrogen (secondary N) is 1. The van der Waals surface area contributed by atoms with Crippen LogP contribution >= 0.6 is 58.5 Å². The number of aromatic carboxylic acids is 1. The molecular formula is C24H16Cl2N2O4S3. The zero-order valence-corrected chi connectivity index (χ0v) is 21.7. The zero-order valence-electron chi connectivity index (χ0n) is 17.8. The first-order valence-electron chi connectivity index (χ1n) is 10.1. The van der Waals surface area contributed by atoms with Crippen LogP contribution in [0.15, 0.2) is 58.8 Å². The third-order valence-electron chi connectivity index (χ3n) is 4.96. The van der Waals surface area contributed by atoms with Crippen molar-refractivity contribution in [2.45, 2.75) is 6.42 Å². The van der Waals surface area contributed by atoms with Crippen molar-refractivity contribution in [3.63, 3.8) is 0 Å². The first-order valence-corrected chi connectivity index (χ1v) is 13.0. The van der Waals surface area contributed by atoms with E-state index in [1.165, 1.54) is 40.1 Å². The van der Waals surface area contributed by atoms with Gasteiger partial charge in [-0.2, -0.15) is 0 Å². The van der Waals surface area contributed by atoms with E-state index in [4.69, 9.17) is 40.5 Å². The number of halogens is 2. The number of carbonyl (C=O) groups excluding carboxylic acids is 2. The quantitative estimate of drug-likeness (QED) is 0.247. The molecule has 1 aromatic heterocycles. The van der Waals surface area contributed by atoms with Crippen molar-refractivity contribution < 1.29 is 19.5 Å². The predicted octanol–water partition coefficient (Wildman–Crippen LogP) is 6.65. The van der Waals surface area contributed by atoms with Crippen LogP contribution in [0.4, 0.5) is 5.69 Å². The van der Waals surface area contributed by atoms with Crippen molar-refractivity contribution in [1.29, 1.82) is 0 Å². The van der Waals surface area contributed by atoms with Crippen LogP contribution in [0, 0.1) is 0 Å². The highest BCUT2D eigenvalue weighted by Crippen LogP contribution is 2.37. The van der Waals surface area contributed by atoms with E-state index in [0.29, 0.717) is 25.0 Å². The third kappa shape index (κ3) is 6.12. The Morgan fingerprint density at radius 2 is 1.94 bits per heavy atom. The minimum absolute atomic E-state index is 0.00738. The van der Waals surface area contributed by atoms with Crippen LogP contribution in [0.25, 0.3) is 17.2 Å². The smallest absolute Gasteiger partial charge is 0.335 e. The van der Waals surface area contributed by atoms with Gasteiger partial charge < -0.3 is 10.4 Å². The van der Waals surface area contributed by atoms with Crippen molar-refractivity contribution >= 4 is 92.4 Å². The minimum Gasteiger partial charge on any atom is -0.478 e. The summed E-state index contributed by atoms with van der Waals surface area (Å²) in [7, 11) is 0. The topological polar surface area (TPSA) is 86.7 Å². The standard InChI is InChI=1S/C24H16Cl2N2O4S3/c25-15-4-5-19(26)18(10-15)14-9-17(34-12-14)11-20-22(30)28(24(33)35-20)7-6-21(29)27-16-3-1-2-13(8-16)23(31)32/h1-5,8-12H,6-7H2,(H,27,29)(H,31,32). The van der Waals surface area contributed by atoms with Crippen molar-refractivity contribution in [2.24, 2.45) is 0 Å². The first kappa shape index (κ1) is 25.4. The first-order chi connectivity index (χ1) is 16.7. The Kier molecular flexibility index (Phi) is 7.93. The Morgan fingerprint density at radius 3 is 2.71 bits per heavy atom. The summed E-state index contributed by atoms with van der Waals surface area (Å²) in [6.07, 6.45) is 1.77. The Hall–Kier alpha value is -2.69. The minimum atomic E-state index is -1.08. The number of hydrogen-bond acceptors (Lipinski definition) is 6. The summed E-state index contributed by atoms with van der Waals surface area (Å²) in [6, 6.07) is 13.1. The Balaban J connectivity index is 1.40. The summed E-state index contributed by atoms with van der Waals surface area (Å²) in [5.74, 6) is -1.71. The highest BCUT2D eigenvalue weighted by atomic mass is 35.5. The number of thiocarbonyl (C=S) groups is 1. The van der Waals surface area contributed by atoms with E-state index in [0.717, 1.165) is 16.0 Å². The number of nitrogens with zero attached hydrogens (tertiary/aromatic N) is 1. The average Bonchev–Trinajstić information content (AvgIpc) is 3.38. The number of rotatable bonds is 7. The maximum Gasteiger partial charge on any atom is 0.335 e. The fourth-order valence-corrected chi connectivity index (χ4v) is 5.89. The number of thiophene rings is 1. The summed E-state index contributed by atoms with van der Waals surface area (Å²) < 4.78 is 0.372. The van der Waals surface area contributed by atoms with Crippen LogP contribution in [0.2, 0.25) is 10.0 Å². The van der Waals surface area contributed by atoms with E-state index in [2.05, 4.69) is 5.32 Å². The molecule has 0 radical (unpaired) electrons. The number of hydrogen-bond donors (Lipinski definition) is 2. The molecule has 2 heterocycles. The van der Waals surface area contributed by atoms with Crippen LogP contribution < -0.4 is 5.32 Å². The summed E-state index contributed by atoms with van der Waals surface area (Å²) in [4.78, 5) is 39.0. The molecule has 0 spiro atoms. The lowest BCUT2D eigenvalue weighted by molar-refractivity contribution is -0.122. The van der Waals surface area contributed by atoms with Crippen molar-refractivity contribution in [2.75, 3.05) is 11.9 Å². The predicted molar refractivity (Wildman–Crippen MR) is 146 cm³/mol. The third-order valence-corrected chi connectivity index (χ3v) is 7.78. The summed E-state index contributed by atoms with van der Waals surface area (Å²) in [6.45, 7) is 0.111. The molecule has 1 saturated heterocycles. The molecule has 1 aliphatic heterocycles. The van der Waals surface area contributed by atoms with E-state index in [-0.39, 0.29) is 30.3 Å². The Labute approximate surface area is 224 Å². The number of carboxylic acids is 1. The highest BCUT2D eigenvalue weighted by Gasteiger charge is 2.32. The number of carbonyl (C=O) groups is 3. The molecule has 0 aliphatic carbocycles. The molecule has 2 N–H and O–H groups in total. The second-order valence-electron chi connectivity index (χ2n) is 7.38. The maximum atomic E-state index is 12.9. The van der Waals surface area contributed by atoms with E-state index < -0.39 is 5.97 Å². The lowest BCUT2D eigenvalue weighted by atomic mass is 10.1. The molecule has 178 valence electrons. The monoisotopic (exact) mass is 562 g/mol. The number of thioether (sulfide) groups is 1. The van der Waals surface area contributed by atoms with Gasteiger partial charge in [0, 0.05) is 39.1 Å². The lowest BCUT2D eigenvalue weighted by Crippen LogP contribution is -2.31. The van der Waals surface area contributed by atoms with Crippen LogP contribution in [-0.2, 0) is 9.59 Å². The molecule has 35 heavy (non-hydrogen) atoms. The van der Waals surface area contributed by atoms with Gasteiger partial charge in [0.2, 0.25) is 5.91 Å². The maximum absolute atomic E-state index is 12.9. The average molecular weight is 564 g/mol. The largest absolute Gasteiger partial charge is 0.478 e. The Bertz CT molecular complexity index is 1390. The van der Waals surface area contributed by atoms with Crippen LogP contribution in [-0.4, -0.2) is 38.7 Å². The molecule has 2 aromatic carbocycles. The molecular weight excluding hydrogens is 547 g/mol. The van der Waals surface area contributed by atoms with Gasteiger partial charge in [-0.15, -0.1) is 11.3 Å². The molecule has 3 aromatic rings. The van der Waals surface area contributed by atoms with E-state index >= 15 is 0 Å². The fourth-order valence-electron chi connectivity index (χ4n) is 3.28. The second kappa shape index (κ2) is 10.9. The molecule has 2 amide bonds. The lowest BCUT2D eigenvalue weighted by Gasteiger charge is -2.14. The van der Waals surface area contributed by atoms with E-state index in [9.17, 15) is 14.4 Å². The molecule has 6 nitrogen and oxygen atoms in total. The molecule has 4 rings (SSSR count). The number of anilines is 1. The second-order valence-corrected chi connectivity index (χ2v) is 10.8. The summed E-state index contributed by atoms with van der Waals surface area (Å²) >= 11 is 20.4. The van der Waals surface area contributed by atoms with Crippen LogP contribution in [0.3, 0.4) is 0 Å². The SMILES string of the molecule is O=C(CCN1C(=O)C(=Cc2cc(-c3cc(Cl)ccc3Cl)cs2)SC1=S)Nc1cccc(C(=O)O)c1. The summed E-state index contributed by atoms with van der Waals surface area (Å²) in [5.41, 5.74) is 2.14. The van der Waals surface area contributed by atoms with Crippen molar-refractivity contribution in [3.8, 4) is 11.1 Å². The molecule has 1 aliphatic rings. The van der Waals surface area contributed by atoms with Gasteiger partial charge >= 0.3 is 5.97 Å². The fraction of sp³-hybridized carbons (Fsp3) is 0.0833. The van der Waals surface area contributed by atoms with Gasteiger partial charge in [-0.05, 0) is 59.5 Å². The molecule has 0 unspecified atom stereocenters. The normalized spacial score (nSPS) is 14.6. The Morgan fingerprint density at radius 1 is 1.14 bits per heavy atom. The molecule has 11 heteroatoms. The van der Waals surface area contributed by atoms with Crippen LogP contribution in [0.1, 0.15) is 21.7 Å². The van der Waals surface area contributed by atoms with Gasteiger partial charge in [0.15, 0.2) is 0 Å². The summed E-state index contributed by atoms with van der Waals surface area (Å²) in [5, 5.41) is 14.8. The highest BCUT2D eigenvalue weighted by molar-refractivity contribution is 8.26. The number of benzene rings is 2. The van der Waals surface area contributed by atoms with Gasteiger partial charge in [0.25, 0.3) is 5.91 Å². The van der Waals surface area contributed by atoms with Crippen molar-refractivity contribution in [3.05, 3.63) is 79.3 Å². The van der Waals surface area contributed by atoms with Gasteiger partial charge in [0.1, 0.15) is 4.32 Å².